The summed E-state index contributed by atoms with van der Waals surface area (Å²) in [6.07, 6.45) is 0. The first-order valence-electron chi connectivity index (χ1n) is 9.37. The Kier molecular flexibility index (Phi) is 5.63. The van der Waals surface area contributed by atoms with Crippen LogP contribution in [0.15, 0.2) is 89.4 Å². The van der Waals surface area contributed by atoms with Crippen LogP contribution in [0.2, 0.25) is 0 Å². The zero-order chi connectivity index (χ0) is 19.3. The lowest BCUT2D eigenvalue weighted by atomic mass is 10.0. The molecule has 0 unspecified atom stereocenters. The van der Waals surface area contributed by atoms with Gasteiger partial charge in [-0.05, 0) is 53.6 Å². The standard InChI is InChI=1S/C25H22BrNO/c1-18-5-4-6-19(15-18)17-28-25-14-9-20-7-2-3-8-23(20)24(25)16-27-22-12-10-21(26)11-13-22/h2-15,27H,16-17H2,1H3. The van der Waals surface area contributed by atoms with Gasteiger partial charge in [-0.15, -0.1) is 0 Å². The molecule has 2 nitrogen and oxygen atoms in total. The zero-order valence-electron chi connectivity index (χ0n) is 15.8. The SMILES string of the molecule is Cc1cccc(COc2ccc3ccccc3c2CNc2ccc(Br)cc2)c1. The second-order valence-electron chi connectivity index (χ2n) is 6.90. The molecule has 4 aromatic carbocycles. The van der Waals surface area contributed by atoms with Gasteiger partial charge in [0.15, 0.2) is 0 Å². The van der Waals surface area contributed by atoms with E-state index in [0.717, 1.165) is 15.9 Å². The van der Waals surface area contributed by atoms with Gasteiger partial charge in [0, 0.05) is 22.3 Å². The van der Waals surface area contributed by atoms with E-state index in [0.29, 0.717) is 13.2 Å². The molecule has 0 radical (unpaired) electrons. The quantitative estimate of drug-likeness (QED) is 0.351. The molecule has 0 aromatic heterocycles. The fourth-order valence-electron chi connectivity index (χ4n) is 3.35. The van der Waals surface area contributed by atoms with Gasteiger partial charge in [0.25, 0.3) is 0 Å². The van der Waals surface area contributed by atoms with Crippen molar-refractivity contribution in [2.75, 3.05) is 5.32 Å². The van der Waals surface area contributed by atoms with E-state index in [-0.39, 0.29) is 0 Å². The van der Waals surface area contributed by atoms with Gasteiger partial charge in [0.2, 0.25) is 0 Å². The predicted octanol–water partition coefficient (Wildman–Crippen LogP) is 7.10. The Labute approximate surface area is 174 Å². The first kappa shape index (κ1) is 18.6. The number of benzene rings is 4. The van der Waals surface area contributed by atoms with Gasteiger partial charge in [-0.2, -0.15) is 0 Å². The molecule has 0 aliphatic rings. The van der Waals surface area contributed by atoms with Crippen LogP contribution in [-0.2, 0) is 13.2 Å². The first-order valence-corrected chi connectivity index (χ1v) is 10.2. The minimum Gasteiger partial charge on any atom is -0.489 e. The summed E-state index contributed by atoms with van der Waals surface area (Å²) >= 11 is 3.49. The molecule has 0 amide bonds. The van der Waals surface area contributed by atoms with Gasteiger partial charge in [0.05, 0.1) is 0 Å². The minimum absolute atomic E-state index is 0.561. The number of halogens is 1. The normalized spacial score (nSPS) is 10.8. The largest absolute Gasteiger partial charge is 0.489 e. The number of anilines is 1. The van der Waals surface area contributed by atoms with E-state index in [1.165, 1.54) is 27.5 Å². The smallest absolute Gasteiger partial charge is 0.125 e. The monoisotopic (exact) mass is 431 g/mol. The number of aryl methyl sites for hydroxylation is 1. The van der Waals surface area contributed by atoms with E-state index in [4.69, 9.17) is 4.74 Å². The molecule has 0 atom stereocenters. The highest BCUT2D eigenvalue weighted by molar-refractivity contribution is 9.10. The highest BCUT2D eigenvalue weighted by Crippen LogP contribution is 2.30. The number of fused-ring (bicyclic) bond motifs is 1. The molecule has 28 heavy (non-hydrogen) atoms. The molecule has 140 valence electrons. The number of nitrogens with one attached hydrogen (secondary N) is 1. The van der Waals surface area contributed by atoms with Crippen molar-refractivity contribution < 1.29 is 4.74 Å². The third-order valence-corrected chi connectivity index (χ3v) is 5.32. The Hall–Kier alpha value is -2.78. The van der Waals surface area contributed by atoms with Crippen molar-refractivity contribution in [3.05, 3.63) is 106 Å². The molecule has 0 fully saturated rings. The molecular formula is C25H22BrNO. The van der Waals surface area contributed by atoms with Crippen LogP contribution in [-0.4, -0.2) is 0 Å². The summed E-state index contributed by atoms with van der Waals surface area (Å²) in [6.45, 7) is 3.37. The molecule has 4 rings (SSSR count). The number of hydrogen-bond acceptors (Lipinski definition) is 2. The predicted molar refractivity (Wildman–Crippen MR) is 121 cm³/mol. The van der Waals surface area contributed by atoms with Gasteiger partial charge in [-0.1, -0.05) is 76.1 Å². The van der Waals surface area contributed by atoms with Crippen LogP contribution in [0.1, 0.15) is 16.7 Å². The molecule has 0 aliphatic heterocycles. The van der Waals surface area contributed by atoms with Gasteiger partial charge >= 0.3 is 0 Å². The molecule has 0 spiro atoms. The minimum atomic E-state index is 0.561. The molecule has 1 N–H and O–H groups in total. The van der Waals surface area contributed by atoms with E-state index < -0.39 is 0 Å². The number of ether oxygens (including phenoxy) is 1. The summed E-state index contributed by atoms with van der Waals surface area (Å²) in [6, 6.07) is 29.3. The Morgan fingerprint density at radius 3 is 2.50 bits per heavy atom. The van der Waals surface area contributed by atoms with Crippen LogP contribution in [0, 0.1) is 6.92 Å². The maximum absolute atomic E-state index is 6.25. The van der Waals surface area contributed by atoms with Crippen molar-refractivity contribution in [3.63, 3.8) is 0 Å². The fourth-order valence-corrected chi connectivity index (χ4v) is 3.62. The average Bonchev–Trinajstić information content (AvgIpc) is 2.72. The fraction of sp³-hybridized carbons (Fsp3) is 0.120. The summed E-state index contributed by atoms with van der Waals surface area (Å²) in [5, 5.41) is 5.96. The average molecular weight is 432 g/mol. The van der Waals surface area contributed by atoms with E-state index in [9.17, 15) is 0 Å². The Balaban J connectivity index is 1.61. The highest BCUT2D eigenvalue weighted by Gasteiger charge is 2.09. The second-order valence-corrected chi connectivity index (χ2v) is 7.82. The lowest BCUT2D eigenvalue weighted by Gasteiger charge is -2.16. The van der Waals surface area contributed by atoms with E-state index in [1.54, 1.807) is 0 Å². The van der Waals surface area contributed by atoms with Gasteiger partial charge in [-0.3, -0.25) is 0 Å². The maximum Gasteiger partial charge on any atom is 0.125 e. The summed E-state index contributed by atoms with van der Waals surface area (Å²) in [5.74, 6) is 0.921. The van der Waals surface area contributed by atoms with Crippen molar-refractivity contribution in [2.24, 2.45) is 0 Å². The van der Waals surface area contributed by atoms with Crippen LogP contribution >= 0.6 is 15.9 Å². The summed E-state index contributed by atoms with van der Waals surface area (Å²) in [4.78, 5) is 0. The Morgan fingerprint density at radius 1 is 0.857 bits per heavy atom. The third-order valence-electron chi connectivity index (χ3n) is 4.79. The molecule has 0 heterocycles. The lowest BCUT2D eigenvalue weighted by molar-refractivity contribution is 0.304. The molecule has 0 aliphatic carbocycles. The molecule has 3 heteroatoms. The Morgan fingerprint density at radius 2 is 1.68 bits per heavy atom. The van der Waals surface area contributed by atoms with Crippen LogP contribution < -0.4 is 10.1 Å². The summed E-state index contributed by atoms with van der Waals surface area (Å²) in [7, 11) is 0. The molecular weight excluding hydrogens is 410 g/mol. The topological polar surface area (TPSA) is 21.3 Å². The van der Waals surface area contributed by atoms with E-state index in [2.05, 4.69) is 101 Å². The van der Waals surface area contributed by atoms with Crippen LogP contribution in [0.4, 0.5) is 5.69 Å². The van der Waals surface area contributed by atoms with E-state index >= 15 is 0 Å². The third kappa shape index (κ3) is 4.37. The number of hydrogen-bond donors (Lipinski definition) is 1. The van der Waals surface area contributed by atoms with Crippen LogP contribution in [0.5, 0.6) is 5.75 Å². The lowest BCUT2D eigenvalue weighted by Crippen LogP contribution is -2.04. The maximum atomic E-state index is 6.25. The highest BCUT2D eigenvalue weighted by atomic mass is 79.9. The summed E-state index contributed by atoms with van der Waals surface area (Å²) in [5.41, 5.74) is 4.69. The van der Waals surface area contributed by atoms with Gasteiger partial charge in [0.1, 0.15) is 12.4 Å². The summed E-state index contributed by atoms with van der Waals surface area (Å²) < 4.78 is 7.32. The Bertz CT molecular complexity index is 1090. The molecule has 0 bridgehead atoms. The van der Waals surface area contributed by atoms with Crippen molar-refractivity contribution in [2.45, 2.75) is 20.1 Å². The van der Waals surface area contributed by atoms with Gasteiger partial charge in [-0.25, -0.2) is 0 Å². The van der Waals surface area contributed by atoms with Crippen molar-refractivity contribution in [1.82, 2.24) is 0 Å². The second kappa shape index (κ2) is 8.49. The van der Waals surface area contributed by atoms with Crippen LogP contribution in [0.3, 0.4) is 0 Å². The van der Waals surface area contributed by atoms with Crippen molar-refractivity contribution in [1.29, 1.82) is 0 Å². The van der Waals surface area contributed by atoms with Crippen molar-refractivity contribution in [3.8, 4) is 5.75 Å². The van der Waals surface area contributed by atoms with Gasteiger partial charge < -0.3 is 10.1 Å². The molecule has 0 saturated carbocycles. The molecule has 4 aromatic rings. The van der Waals surface area contributed by atoms with Crippen molar-refractivity contribution >= 4 is 32.4 Å². The number of rotatable bonds is 6. The zero-order valence-corrected chi connectivity index (χ0v) is 17.4. The first-order chi connectivity index (χ1) is 13.7. The van der Waals surface area contributed by atoms with Crippen LogP contribution in [0.25, 0.3) is 10.8 Å². The van der Waals surface area contributed by atoms with E-state index in [1.807, 2.05) is 12.1 Å². The molecule has 0 saturated heterocycles.